The van der Waals surface area contributed by atoms with Gasteiger partial charge in [-0.15, -0.1) is 10.2 Å². The quantitative estimate of drug-likeness (QED) is 0.106. The minimum atomic E-state index is -1.39. The molecular weight excluding hydrogens is 578 g/mol. The molecule has 0 aliphatic rings. The van der Waals surface area contributed by atoms with Gasteiger partial charge < -0.3 is 14.4 Å². The Morgan fingerprint density at radius 1 is 0.933 bits per heavy atom. The smallest absolute Gasteiger partial charge is 0.357 e. The van der Waals surface area contributed by atoms with Gasteiger partial charge in [-0.25, -0.2) is 14.6 Å². The van der Waals surface area contributed by atoms with Gasteiger partial charge in [-0.05, 0) is 53.3 Å². The number of tetrazole rings is 1. The van der Waals surface area contributed by atoms with E-state index >= 15 is 0 Å². The van der Waals surface area contributed by atoms with Crippen molar-refractivity contribution in [3.8, 4) is 22.5 Å². The predicted molar refractivity (Wildman–Crippen MR) is 161 cm³/mol. The van der Waals surface area contributed by atoms with Crippen LogP contribution in [0.3, 0.4) is 0 Å². The average molecular weight is 614 g/mol. The first kappa shape index (κ1) is 31.6. The zero-order valence-electron chi connectivity index (χ0n) is 25.2. The number of ether oxygens (including phenoxy) is 1. The third-order valence-corrected chi connectivity index (χ3v) is 7.15. The third kappa shape index (κ3) is 7.66. The summed E-state index contributed by atoms with van der Waals surface area (Å²) in [6, 6.07) is 22.8. The van der Waals surface area contributed by atoms with Gasteiger partial charge in [-0.1, -0.05) is 79.7 Å². The number of aryl methyl sites for hydroxylation is 1. The molecule has 0 aliphatic heterocycles. The largest absolute Gasteiger partial charge is 0.456 e. The minimum Gasteiger partial charge on any atom is -0.456 e. The van der Waals surface area contributed by atoms with Gasteiger partial charge in [0.2, 0.25) is 5.82 Å². The van der Waals surface area contributed by atoms with E-state index in [4.69, 9.17) is 20.1 Å². The van der Waals surface area contributed by atoms with Gasteiger partial charge in [0.25, 0.3) is 0 Å². The summed E-state index contributed by atoms with van der Waals surface area (Å²) in [4.78, 5) is 23.0. The molecule has 234 valence electrons. The highest BCUT2D eigenvalue weighted by atomic mass is 17.1. The number of aromatic amines is 1. The summed E-state index contributed by atoms with van der Waals surface area (Å²) in [6.45, 7) is 5.51. The van der Waals surface area contributed by atoms with Crippen LogP contribution in [0.25, 0.3) is 22.5 Å². The molecule has 3 aromatic carbocycles. The van der Waals surface area contributed by atoms with E-state index in [1.54, 1.807) is 38.1 Å². The summed E-state index contributed by atoms with van der Waals surface area (Å²) in [6.07, 6.45) is 1.40. The number of rotatable bonds is 13. The first-order valence-corrected chi connectivity index (χ1v) is 14.4. The third-order valence-electron chi connectivity index (χ3n) is 7.15. The molecule has 0 aliphatic carbocycles. The van der Waals surface area contributed by atoms with Crippen LogP contribution in [-0.4, -0.2) is 57.1 Å². The van der Waals surface area contributed by atoms with Crippen LogP contribution in [-0.2, 0) is 41.4 Å². The van der Waals surface area contributed by atoms with Crippen molar-refractivity contribution in [1.82, 2.24) is 35.6 Å². The molecule has 2 heterocycles. The number of aromatic nitrogens is 6. The Balaban J connectivity index is 1.40. The minimum absolute atomic E-state index is 0.0137. The number of nitrogens with zero attached hydrogens (tertiary/aromatic N) is 6. The maximum Gasteiger partial charge on any atom is 0.357 e. The Hall–Kier alpha value is -4.79. The van der Waals surface area contributed by atoms with E-state index in [1.165, 1.54) is 0 Å². The molecule has 45 heavy (non-hydrogen) atoms. The molecule has 13 nitrogen and oxygen atoms in total. The van der Waals surface area contributed by atoms with Crippen molar-refractivity contribution in [2.24, 2.45) is 0 Å². The topological polar surface area (TPSA) is 172 Å². The summed E-state index contributed by atoms with van der Waals surface area (Å²) >= 11 is 0. The second kappa shape index (κ2) is 13.9. The fourth-order valence-electron chi connectivity index (χ4n) is 4.98. The highest BCUT2D eigenvalue weighted by Gasteiger charge is 2.32. The molecule has 0 spiro atoms. The number of aliphatic hydroxyl groups is 1. The molecule has 4 N–H and O–H groups in total. The molecule has 0 amide bonds. The average Bonchev–Trinajstić information content (AvgIpc) is 3.69. The molecule has 0 saturated carbocycles. The van der Waals surface area contributed by atoms with Crippen LogP contribution < -0.4 is 0 Å². The summed E-state index contributed by atoms with van der Waals surface area (Å²) in [5.41, 5.74) is 4.19. The van der Waals surface area contributed by atoms with Crippen LogP contribution >= 0.6 is 0 Å². The molecule has 5 aromatic rings. The van der Waals surface area contributed by atoms with Crippen LogP contribution in [0, 0.1) is 0 Å². The maximum absolute atomic E-state index is 13.7. The summed E-state index contributed by atoms with van der Waals surface area (Å²) < 4.78 is 7.56. The second-order valence-electron chi connectivity index (χ2n) is 11.0. The second-order valence-corrected chi connectivity index (χ2v) is 11.0. The van der Waals surface area contributed by atoms with Gasteiger partial charge in [-0.2, -0.15) is 5.21 Å². The number of benzene rings is 3. The number of H-pyrrole nitrogens is 1. The fourth-order valence-corrected chi connectivity index (χ4v) is 4.98. The summed E-state index contributed by atoms with van der Waals surface area (Å²) in [5, 5.41) is 42.6. The van der Waals surface area contributed by atoms with E-state index in [0.29, 0.717) is 30.2 Å². The number of hydrogen-bond acceptors (Lipinski definition) is 11. The number of nitrogens with one attached hydrogen (secondary N) is 1. The lowest BCUT2D eigenvalue weighted by atomic mass is 9.98. The fraction of sp³-hybridized carbons (Fsp3) is 0.281. The van der Waals surface area contributed by atoms with Gasteiger partial charge >= 0.3 is 5.97 Å². The van der Waals surface area contributed by atoms with Crippen molar-refractivity contribution in [3.05, 3.63) is 107 Å². The lowest BCUT2D eigenvalue weighted by Gasteiger charge is -2.18. The van der Waals surface area contributed by atoms with Crippen molar-refractivity contribution >= 4 is 5.97 Å². The number of hydrogen-bond donors (Lipinski definition) is 4. The highest BCUT2D eigenvalue weighted by Crippen LogP contribution is 2.31. The number of esters is 1. The zero-order valence-corrected chi connectivity index (χ0v) is 25.2. The zero-order chi connectivity index (χ0) is 32.0. The Labute approximate surface area is 259 Å². The SMILES string of the molecule is CCCc1nc(C(C)(C)O)c(C(=O)OCc2ccc(CON(O)O)cc2)n1Cc1ccc(-c2ccccc2-c2nn[nH]n2)cc1. The standard InChI is InChI=1S/C32H35N7O6/c1-4-7-27-33-29(32(2,3)41)28(31(40)44-19-22-10-12-23(13-11-22)20-45-39(42)43)38(27)18-21-14-16-24(17-15-21)25-8-5-6-9-26(25)30-34-36-37-35-30/h5-6,8-17,41-43H,4,7,18-20H2,1-3H3,(H,34,35,36,37). The maximum atomic E-state index is 13.7. The Bertz CT molecular complexity index is 1710. The normalized spacial score (nSPS) is 11.7. The van der Waals surface area contributed by atoms with Crippen molar-refractivity contribution in [2.45, 2.75) is 59.0 Å². The summed E-state index contributed by atoms with van der Waals surface area (Å²) in [5.74, 6) is 0.583. The van der Waals surface area contributed by atoms with E-state index in [2.05, 4.69) is 25.5 Å². The predicted octanol–water partition coefficient (Wildman–Crippen LogP) is 4.83. The molecule has 0 radical (unpaired) electrons. The lowest BCUT2D eigenvalue weighted by Crippen LogP contribution is -2.23. The Morgan fingerprint density at radius 2 is 1.58 bits per heavy atom. The number of carbonyl (C=O) groups excluding carboxylic acids is 1. The monoisotopic (exact) mass is 613 g/mol. The van der Waals surface area contributed by atoms with E-state index in [0.717, 1.165) is 34.2 Å². The molecule has 0 unspecified atom stereocenters. The van der Waals surface area contributed by atoms with Crippen LogP contribution in [0.5, 0.6) is 0 Å². The van der Waals surface area contributed by atoms with Gasteiger partial charge in [-0.3, -0.25) is 10.4 Å². The van der Waals surface area contributed by atoms with Crippen molar-refractivity contribution < 1.29 is 29.9 Å². The molecule has 0 saturated heterocycles. The van der Waals surface area contributed by atoms with E-state index in [1.807, 2.05) is 60.0 Å². The van der Waals surface area contributed by atoms with Gasteiger partial charge in [0, 0.05) is 18.5 Å². The molecule has 0 fully saturated rings. The Kier molecular flexibility index (Phi) is 9.76. The highest BCUT2D eigenvalue weighted by molar-refractivity contribution is 5.89. The van der Waals surface area contributed by atoms with E-state index in [9.17, 15) is 9.90 Å². The van der Waals surface area contributed by atoms with Crippen LogP contribution in [0.4, 0.5) is 0 Å². The summed E-state index contributed by atoms with van der Waals surface area (Å²) in [7, 11) is 0. The lowest BCUT2D eigenvalue weighted by molar-refractivity contribution is -0.497. The molecule has 2 aromatic heterocycles. The van der Waals surface area contributed by atoms with Gasteiger partial charge in [0.15, 0.2) is 5.69 Å². The van der Waals surface area contributed by atoms with Crippen molar-refractivity contribution in [1.29, 1.82) is 0 Å². The molecule has 5 rings (SSSR count). The Morgan fingerprint density at radius 3 is 2.18 bits per heavy atom. The number of imidazole rings is 1. The molecule has 13 heteroatoms. The molecular formula is C32H35N7O6. The van der Waals surface area contributed by atoms with Crippen LogP contribution in [0.1, 0.15) is 65.9 Å². The van der Waals surface area contributed by atoms with Gasteiger partial charge in [0.05, 0.1) is 12.0 Å². The first-order valence-electron chi connectivity index (χ1n) is 14.4. The van der Waals surface area contributed by atoms with Crippen LogP contribution in [0.2, 0.25) is 0 Å². The molecule has 0 atom stereocenters. The van der Waals surface area contributed by atoms with Crippen LogP contribution in [0.15, 0.2) is 72.8 Å². The number of carbonyl (C=O) groups is 1. The van der Waals surface area contributed by atoms with E-state index in [-0.39, 0.29) is 30.0 Å². The first-order chi connectivity index (χ1) is 21.6. The van der Waals surface area contributed by atoms with E-state index < -0.39 is 11.6 Å². The van der Waals surface area contributed by atoms with Gasteiger partial charge in [0.1, 0.15) is 23.7 Å². The molecule has 0 bridgehead atoms. The van der Waals surface area contributed by atoms with Crippen molar-refractivity contribution in [3.63, 3.8) is 0 Å². The van der Waals surface area contributed by atoms with Crippen molar-refractivity contribution in [2.75, 3.05) is 0 Å².